The monoisotopic (exact) mass is 437 g/mol. The van der Waals surface area contributed by atoms with Crippen LogP contribution in [0.25, 0.3) is 0 Å². The van der Waals surface area contributed by atoms with Gasteiger partial charge in [0.05, 0.1) is 0 Å². The van der Waals surface area contributed by atoms with Crippen molar-refractivity contribution >= 4 is 40.7 Å². The third-order valence-corrected chi connectivity index (χ3v) is 5.30. The normalized spacial score (nSPS) is 29.3. The second kappa shape index (κ2) is 8.05. The Morgan fingerprint density at radius 3 is 1.89 bits per heavy atom. The molecule has 0 spiro atoms. The molecule has 2 aromatic rings. The number of hydrogen-bond donors (Lipinski definition) is 1. The molecule has 1 fully saturated rings. The Balaban J connectivity index is 1.61. The molecule has 2 aromatic carbocycles. The highest BCUT2D eigenvalue weighted by Gasteiger charge is 2.47. The van der Waals surface area contributed by atoms with E-state index in [1.165, 1.54) is 0 Å². The number of nitrogens with one attached hydrogen (secondary N) is 1. The number of rotatable bonds is 3. The molecule has 1 heterocycles. The highest BCUT2D eigenvalue weighted by atomic mass is 35.6. The smallest absolute Gasteiger partial charge is 0.265 e. The van der Waals surface area contributed by atoms with E-state index >= 15 is 0 Å². The van der Waals surface area contributed by atoms with Gasteiger partial charge in [0, 0.05) is 0 Å². The lowest BCUT2D eigenvalue weighted by atomic mass is 9.95. The fourth-order valence-electron chi connectivity index (χ4n) is 3.49. The van der Waals surface area contributed by atoms with Crippen molar-refractivity contribution < 1.29 is 14.2 Å². The Bertz CT molecular complexity index is 854. The van der Waals surface area contributed by atoms with Gasteiger partial charge in [-0.25, -0.2) is 0 Å². The lowest BCUT2D eigenvalue weighted by Gasteiger charge is -2.41. The van der Waals surface area contributed by atoms with E-state index in [-0.39, 0.29) is 18.3 Å². The van der Waals surface area contributed by atoms with Crippen molar-refractivity contribution in [2.24, 2.45) is 0 Å². The average molecular weight is 439 g/mol. The van der Waals surface area contributed by atoms with Crippen molar-refractivity contribution in [1.29, 1.82) is 5.41 Å². The van der Waals surface area contributed by atoms with E-state index < -0.39 is 21.9 Å². The second-order valence-corrected chi connectivity index (χ2v) is 8.94. The molecule has 0 bridgehead atoms. The van der Waals surface area contributed by atoms with Crippen LogP contribution in [0.2, 0.25) is 0 Å². The van der Waals surface area contributed by atoms with Crippen LogP contribution in [0.1, 0.15) is 23.3 Å². The molecular formula is C21H18Cl3NO3. The van der Waals surface area contributed by atoms with Gasteiger partial charge in [-0.05, 0) is 17.2 Å². The molecule has 0 saturated carbocycles. The first-order valence-electron chi connectivity index (χ1n) is 8.85. The van der Waals surface area contributed by atoms with Gasteiger partial charge in [0.15, 0.2) is 0 Å². The average Bonchev–Trinajstić information content (AvgIpc) is 3.09. The summed E-state index contributed by atoms with van der Waals surface area (Å²) >= 11 is 17.3. The Morgan fingerprint density at radius 1 is 0.821 bits per heavy atom. The lowest BCUT2D eigenvalue weighted by Crippen LogP contribution is -2.45. The summed E-state index contributed by atoms with van der Waals surface area (Å²) in [6, 6.07) is 19.9. The molecule has 0 radical (unpaired) electrons. The van der Waals surface area contributed by atoms with Crippen molar-refractivity contribution in [3.63, 3.8) is 0 Å². The summed E-state index contributed by atoms with van der Waals surface area (Å²) in [6.07, 6.45) is 1.71. The summed E-state index contributed by atoms with van der Waals surface area (Å²) in [5.74, 6) is -0.446. The Morgan fingerprint density at radius 2 is 1.36 bits per heavy atom. The summed E-state index contributed by atoms with van der Waals surface area (Å²) in [6.45, 7) is 0. The standard InChI is InChI=1S/C21H18Cl3NO3/c22-21(23,24)20(25)27-16-12-11-15-19(16)28-18(14-9-5-2-6-10-14)17(26-15)13-7-3-1-4-8-13/h1-12,15-19,25H/t15-,16-,17-,18-,19-/m1/s1. The molecule has 0 amide bonds. The minimum Gasteiger partial charge on any atom is -0.468 e. The Labute approximate surface area is 178 Å². The third-order valence-electron chi connectivity index (χ3n) is 4.79. The maximum Gasteiger partial charge on any atom is 0.265 e. The molecule has 4 nitrogen and oxygen atoms in total. The van der Waals surface area contributed by atoms with Crippen molar-refractivity contribution in [2.45, 2.75) is 34.3 Å². The molecule has 1 aliphatic heterocycles. The van der Waals surface area contributed by atoms with Crippen molar-refractivity contribution in [3.05, 3.63) is 83.9 Å². The molecule has 1 aliphatic carbocycles. The first-order valence-corrected chi connectivity index (χ1v) is 9.98. The van der Waals surface area contributed by atoms with Crippen LogP contribution in [-0.2, 0) is 14.2 Å². The number of halogens is 3. The molecule has 28 heavy (non-hydrogen) atoms. The zero-order valence-electron chi connectivity index (χ0n) is 14.7. The van der Waals surface area contributed by atoms with Crippen LogP contribution < -0.4 is 0 Å². The zero-order chi connectivity index (χ0) is 19.7. The van der Waals surface area contributed by atoms with Crippen LogP contribution in [0.5, 0.6) is 0 Å². The van der Waals surface area contributed by atoms with Crippen molar-refractivity contribution in [2.75, 3.05) is 0 Å². The van der Waals surface area contributed by atoms with Gasteiger partial charge in [-0.15, -0.1) is 0 Å². The first kappa shape index (κ1) is 19.7. The highest BCUT2D eigenvalue weighted by molar-refractivity contribution is 6.76. The minimum absolute atomic E-state index is 0.277. The Kier molecular flexibility index (Phi) is 5.68. The summed E-state index contributed by atoms with van der Waals surface area (Å²) in [5.41, 5.74) is 2.03. The summed E-state index contributed by atoms with van der Waals surface area (Å²) in [5, 5.41) is 7.85. The van der Waals surface area contributed by atoms with Gasteiger partial charge < -0.3 is 14.2 Å². The van der Waals surface area contributed by atoms with E-state index in [0.29, 0.717) is 0 Å². The van der Waals surface area contributed by atoms with Crippen LogP contribution in [0.15, 0.2) is 72.8 Å². The molecule has 7 heteroatoms. The van der Waals surface area contributed by atoms with E-state index in [2.05, 4.69) is 0 Å². The largest absolute Gasteiger partial charge is 0.468 e. The van der Waals surface area contributed by atoms with Gasteiger partial charge in [0.1, 0.15) is 30.5 Å². The van der Waals surface area contributed by atoms with Gasteiger partial charge in [-0.1, -0.05) is 102 Å². The maximum atomic E-state index is 7.85. The minimum atomic E-state index is -1.92. The van der Waals surface area contributed by atoms with Crippen molar-refractivity contribution in [1.82, 2.24) is 0 Å². The SMILES string of the molecule is N=C(O[C@@H]1C=C[C@H]2O[C@H](c3ccccc3)[C@@H](c3ccccc3)O[C@@H]12)C(Cl)(Cl)Cl. The molecule has 2 aliphatic rings. The lowest BCUT2D eigenvalue weighted by molar-refractivity contribution is -0.222. The Hall–Kier alpha value is -1.56. The maximum absolute atomic E-state index is 7.85. The molecule has 1 saturated heterocycles. The summed E-state index contributed by atoms with van der Waals surface area (Å²) in [7, 11) is 0. The van der Waals surface area contributed by atoms with E-state index in [0.717, 1.165) is 11.1 Å². The van der Waals surface area contributed by atoms with E-state index in [1.807, 2.05) is 66.7 Å². The number of fused-ring (bicyclic) bond motifs is 1. The quantitative estimate of drug-likeness (QED) is 0.296. The van der Waals surface area contributed by atoms with Gasteiger partial charge in [-0.2, -0.15) is 0 Å². The molecule has 0 aromatic heterocycles. The van der Waals surface area contributed by atoms with Crippen LogP contribution in [0.4, 0.5) is 0 Å². The number of ether oxygens (including phenoxy) is 3. The van der Waals surface area contributed by atoms with Gasteiger partial charge >= 0.3 is 0 Å². The fourth-order valence-corrected chi connectivity index (χ4v) is 3.62. The van der Waals surface area contributed by atoms with Gasteiger partial charge in [-0.3, -0.25) is 5.41 Å². The van der Waals surface area contributed by atoms with Crippen LogP contribution in [-0.4, -0.2) is 28.0 Å². The third kappa shape index (κ3) is 4.07. The van der Waals surface area contributed by atoms with Crippen LogP contribution in [0, 0.1) is 5.41 Å². The topological polar surface area (TPSA) is 51.5 Å². The highest BCUT2D eigenvalue weighted by Crippen LogP contribution is 2.45. The predicted octanol–water partition coefficient (Wildman–Crippen LogP) is 5.56. The van der Waals surface area contributed by atoms with E-state index in [9.17, 15) is 0 Å². The molecule has 146 valence electrons. The van der Waals surface area contributed by atoms with Crippen molar-refractivity contribution in [3.8, 4) is 0 Å². The van der Waals surface area contributed by atoms with Crippen LogP contribution in [0.3, 0.4) is 0 Å². The molecule has 1 N–H and O–H groups in total. The molecule has 4 rings (SSSR count). The van der Waals surface area contributed by atoms with E-state index in [4.69, 9.17) is 54.4 Å². The first-order chi connectivity index (χ1) is 13.4. The zero-order valence-corrected chi connectivity index (χ0v) is 16.9. The van der Waals surface area contributed by atoms with Gasteiger partial charge in [0.2, 0.25) is 5.90 Å². The molecule has 5 atom stereocenters. The summed E-state index contributed by atoms with van der Waals surface area (Å²) < 4.78 is 16.5. The number of benzene rings is 2. The summed E-state index contributed by atoms with van der Waals surface area (Å²) in [4.78, 5) is 0. The number of hydrogen-bond acceptors (Lipinski definition) is 4. The fraction of sp³-hybridized carbons (Fsp3) is 0.286. The van der Waals surface area contributed by atoms with Crippen LogP contribution >= 0.6 is 34.8 Å². The molecule has 0 unspecified atom stereocenters. The second-order valence-electron chi connectivity index (χ2n) is 6.66. The van der Waals surface area contributed by atoms with Gasteiger partial charge in [0.25, 0.3) is 3.79 Å². The number of alkyl halides is 3. The molecular weight excluding hydrogens is 421 g/mol. The predicted molar refractivity (Wildman–Crippen MR) is 110 cm³/mol. The van der Waals surface area contributed by atoms with E-state index in [1.54, 1.807) is 6.08 Å².